The molecule has 1 amide bonds. The number of hydrogen-bond donors (Lipinski definition) is 2. The Morgan fingerprint density at radius 3 is 2.70 bits per heavy atom. The second-order valence-electron chi connectivity index (χ2n) is 5.89. The van der Waals surface area contributed by atoms with E-state index >= 15 is 0 Å². The van der Waals surface area contributed by atoms with Crippen LogP contribution in [0.25, 0.3) is 0 Å². The first kappa shape index (κ1) is 14.8. The molecule has 0 bridgehead atoms. The van der Waals surface area contributed by atoms with Crippen molar-refractivity contribution in [2.45, 2.75) is 19.9 Å². The summed E-state index contributed by atoms with van der Waals surface area (Å²) in [4.78, 5) is 14.5. The average molecular weight is 277 g/mol. The fraction of sp³-hybridized carbons (Fsp3) is 0.533. The minimum absolute atomic E-state index is 0.0804. The smallest absolute Gasteiger partial charge is 0.234 e. The van der Waals surface area contributed by atoms with Gasteiger partial charge in [0.25, 0.3) is 0 Å². The minimum atomic E-state index is -0.660. The Labute approximate surface area is 120 Å². The summed E-state index contributed by atoms with van der Waals surface area (Å²) in [7, 11) is 3.98. The number of rotatable bonds is 3. The van der Waals surface area contributed by atoms with E-state index in [1.165, 1.54) is 0 Å². The highest BCUT2D eigenvalue weighted by Crippen LogP contribution is 2.30. The fourth-order valence-electron chi connectivity index (χ4n) is 2.25. The number of nitrogens with one attached hydrogen (secondary N) is 1. The van der Waals surface area contributed by atoms with Crippen LogP contribution in [-0.2, 0) is 9.53 Å². The second kappa shape index (κ2) is 5.42. The van der Waals surface area contributed by atoms with E-state index in [1.807, 2.05) is 51.0 Å². The van der Waals surface area contributed by atoms with E-state index < -0.39 is 5.41 Å². The van der Waals surface area contributed by atoms with Crippen molar-refractivity contribution < 1.29 is 9.53 Å². The molecule has 0 aromatic heterocycles. The SMILES string of the molecule is Cc1cc(N(C)C)ccc1NC(=O)C1(C)COCC1N. The van der Waals surface area contributed by atoms with E-state index in [2.05, 4.69) is 5.32 Å². The Bertz CT molecular complexity index is 516. The summed E-state index contributed by atoms with van der Waals surface area (Å²) in [5.74, 6) is -0.0804. The van der Waals surface area contributed by atoms with Gasteiger partial charge in [-0.25, -0.2) is 0 Å². The molecule has 5 nitrogen and oxygen atoms in total. The summed E-state index contributed by atoms with van der Waals surface area (Å²) in [6, 6.07) is 5.69. The number of carbonyl (C=O) groups excluding carboxylic acids is 1. The number of ether oxygens (including phenoxy) is 1. The van der Waals surface area contributed by atoms with Crippen LogP contribution in [0.2, 0.25) is 0 Å². The first-order chi connectivity index (χ1) is 9.34. The van der Waals surface area contributed by atoms with Crippen molar-refractivity contribution in [2.75, 3.05) is 37.5 Å². The number of amides is 1. The summed E-state index contributed by atoms with van der Waals surface area (Å²) in [5.41, 5.74) is 8.27. The number of nitrogens with zero attached hydrogens (tertiary/aromatic N) is 1. The zero-order valence-electron chi connectivity index (χ0n) is 12.6. The van der Waals surface area contributed by atoms with Gasteiger partial charge in [0.15, 0.2) is 0 Å². The van der Waals surface area contributed by atoms with Crippen LogP contribution < -0.4 is 16.0 Å². The maximum absolute atomic E-state index is 12.4. The van der Waals surface area contributed by atoms with Gasteiger partial charge in [0.1, 0.15) is 0 Å². The third-order valence-electron chi connectivity index (χ3n) is 4.01. The van der Waals surface area contributed by atoms with Gasteiger partial charge in [-0.1, -0.05) is 0 Å². The van der Waals surface area contributed by atoms with Gasteiger partial charge in [0.05, 0.1) is 18.6 Å². The van der Waals surface area contributed by atoms with Crippen LogP contribution in [0.1, 0.15) is 12.5 Å². The van der Waals surface area contributed by atoms with Gasteiger partial charge in [0.2, 0.25) is 5.91 Å². The molecule has 2 unspecified atom stereocenters. The van der Waals surface area contributed by atoms with E-state index in [4.69, 9.17) is 10.5 Å². The average Bonchev–Trinajstić information content (AvgIpc) is 2.73. The molecule has 110 valence electrons. The minimum Gasteiger partial charge on any atom is -0.379 e. The van der Waals surface area contributed by atoms with Crippen molar-refractivity contribution in [3.63, 3.8) is 0 Å². The van der Waals surface area contributed by atoms with Crippen LogP contribution in [-0.4, -0.2) is 39.3 Å². The Morgan fingerprint density at radius 2 is 2.20 bits per heavy atom. The van der Waals surface area contributed by atoms with E-state index in [1.54, 1.807) is 0 Å². The monoisotopic (exact) mass is 277 g/mol. The highest BCUT2D eigenvalue weighted by molar-refractivity contribution is 5.96. The van der Waals surface area contributed by atoms with Crippen molar-refractivity contribution in [2.24, 2.45) is 11.1 Å². The zero-order valence-corrected chi connectivity index (χ0v) is 12.6. The van der Waals surface area contributed by atoms with Crippen LogP contribution in [0.4, 0.5) is 11.4 Å². The first-order valence-electron chi connectivity index (χ1n) is 6.77. The molecule has 0 radical (unpaired) electrons. The summed E-state index contributed by atoms with van der Waals surface area (Å²) in [6.45, 7) is 4.64. The molecule has 1 aromatic rings. The summed E-state index contributed by atoms with van der Waals surface area (Å²) in [5, 5.41) is 2.97. The van der Waals surface area contributed by atoms with Crippen LogP contribution in [0.3, 0.4) is 0 Å². The lowest BCUT2D eigenvalue weighted by atomic mass is 9.84. The molecule has 2 atom stereocenters. The highest BCUT2D eigenvalue weighted by Gasteiger charge is 2.44. The quantitative estimate of drug-likeness (QED) is 0.875. The first-order valence-corrected chi connectivity index (χ1v) is 6.77. The van der Waals surface area contributed by atoms with E-state index in [0.717, 1.165) is 16.9 Å². The molecular weight excluding hydrogens is 254 g/mol. The van der Waals surface area contributed by atoms with Crippen molar-refractivity contribution >= 4 is 17.3 Å². The normalized spacial score (nSPS) is 25.6. The lowest BCUT2D eigenvalue weighted by Crippen LogP contribution is -2.47. The van der Waals surface area contributed by atoms with Crippen LogP contribution in [0.5, 0.6) is 0 Å². The Balaban J connectivity index is 2.16. The van der Waals surface area contributed by atoms with E-state index in [9.17, 15) is 4.79 Å². The van der Waals surface area contributed by atoms with Crippen LogP contribution in [0.15, 0.2) is 18.2 Å². The Morgan fingerprint density at radius 1 is 1.50 bits per heavy atom. The number of benzene rings is 1. The van der Waals surface area contributed by atoms with Crippen molar-refractivity contribution in [3.8, 4) is 0 Å². The number of hydrogen-bond acceptors (Lipinski definition) is 4. The number of aryl methyl sites for hydroxylation is 1. The number of carbonyl (C=O) groups is 1. The number of nitrogens with two attached hydrogens (primary N) is 1. The van der Waals surface area contributed by atoms with Gasteiger partial charge in [-0.3, -0.25) is 4.79 Å². The van der Waals surface area contributed by atoms with Gasteiger partial charge < -0.3 is 20.7 Å². The Hall–Kier alpha value is -1.59. The standard InChI is InChI=1S/C15H23N3O2/c1-10-7-11(18(3)4)5-6-12(10)17-14(19)15(2)9-20-8-13(15)16/h5-7,13H,8-9,16H2,1-4H3,(H,17,19). The fourth-order valence-corrected chi connectivity index (χ4v) is 2.25. The molecule has 3 N–H and O–H groups in total. The molecule has 5 heteroatoms. The number of anilines is 2. The molecule has 1 aromatic carbocycles. The largest absolute Gasteiger partial charge is 0.379 e. The van der Waals surface area contributed by atoms with E-state index in [0.29, 0.717) is 13.2 Å². The third-order valence-corrected chi connectivity index (χ3v) is 4.01. The maximum Gasteiger partial charge on any atom is 0.234 e. The Kier molecular flexibility index (Phi) is 4.01. The van der Waals surface area contributed by atoms with E-state index in [-0.39, 0.29) is 11.9 Å². The molecule has 1 heterocycles. The topological polar surface area (TPSA) is 67.6 Å². The lowest BCUT2D eigenvalue weighted by molar-refractivity contribution is -0.125. The van der Waals surface area contributed by atoms with Gasteiger partial charge in [0, 0.05) is 31.5 Å². The summed E-state index contributed by atoms with van der Waals surface area (Å²) < 4.78 is 5.32. The van der Waals surface area contributed by atoms with Crippen molar-refractivity contribution in [1.29, 1.82) is 0 Å². The molecule has 2 rings (SSSR count). The predicted octanol–water partition coefficient (Wildman–Crippen LogP) is 1.36. The van der Waals surface area contributed by atoms with Crippen LogP contribution >= 0.6 is 0 Å². The molecule has 0 saturated carbocycles. The van der Waals surface area contributed by atoms with Crippen LogP contribution in [0, 0.1) is 12.3 Å². The molecule has 1 saturated heterocycles. The molecule has 1 aliphatic heterocycles. The van der Waals surface area contributed by atoms with Gasteiger partial charge >= 0.3 is 0 Å². The molecule has 0 aliphatic carbocycles. The molecule has 0 spiro atoms. The van der Waals surface area contributed by atoms with Gasteiger partial charge in [-0.15, -0.1) is 0 Å². The third kappa shape index (κ3) is 2.64. The van der Waals surface area contributed by atoms with Crippen molar-refractivity contribution in [1.82, 2.24) is 0 Å². The molecule has 20 heavy (non-hydrogen) atoms. The summed E-state index contributed by atoms with van der Waals surface area (Å²) in [6.07, 6.45) is 0. The second-order valence-corrected chi connectivity index (χ2v) is 5.89. The maximum atomic E-state index is 12.4. The lowest BCUT2D eigenvalue weighted by Gasteiger charge is -2.26. The highest BCUT2D eigenvalue weighted by atomic mass is 16.5. The molecular formula is C15H23N3O2. The summed E-state index contributed by atoms with van der Waals surface area (Å²) >= 11 is 0. The van der Waals surface area contributed by atoms with Gasteiger partial charge in [-0.2, -0.15) is 0 Å². The van der Waals surface area contributed by atoms with Crippen molar-refractivity contribution in [3.05, 3.63) is 23.8 Å². The predicted molar refractivity (Wildman–Crippen MR) is 81.0 cm³/mol. The van der Waals surface area contributed by atoms with Gasteiger partial charge in [-0.05, 0) is 37.6 Å². The zero-order chi connectivity index (χ0) is 14.9. The molecule has 1 fully saturated rings. The molecule has 1 aliphatic rings.